The van der Waals surface area contributed by atoms with E-state index in [0.29, 0.717) is 22.2 Å². The molecule has 0 bridgehead atoms. The Labute approximate surface area is 173 Å². The molecule has 3 aromatic rings. The van der Waals surface area contributed by atoms with Crippen molar-refractivity contribution in [2.24, 2.45) is 0 Å². The number of ether oxygens (including phenoxy) is 2. The quantitative estimate of drug-likeness (QED) is 0.616. The Morgan fingerprint density at radius 3 is 2.45 bits per heavy atom. The highest BCUT2D eigenvalue weighted by atomic mass is 35.5. The van der Waals surface area contributed by atoms with Crippen LogP contribution in [0.4, 0.5) is 5.69 Å². The summed E-state index contributed by atoms with van der Waals surface area (Å²) >= 11 is 6.19. The number of fused-ring (bicyclic) bond motifs is 1. The number of hydrogen-bond acceptors (Lipinski definition) is 4. The minimum atomic E-state index is -0.407. The topological polar surface area (TPSA) is 76.7 Å². The third-order valence-corrected chi connectivity index (χ3v) is 4.59. The number of benzene rings is 3. The molecule has 0 saturated carbocycles. The molecule has 29 heavy (non-hydrogen) atoms. The molecule has 2 amide bonds. The van der Waals surface area contributed by atoms with E-state index in [1.807, 2.05) is 37.3 Å². The van der Waals surface area contributed by atoms with Gasteiger partial charge < -0.3 is 20.1 Å². The fraction of sp³-hybridized carbons (Fsp3) is 0.182. The first-order valence-corrected chi connectivity index (χ1v) is 9.37. The lowest BCUT2D eigenvalue weighted by Crippen LogP contribution is -2.35. The summed E-state index contributed by atoms with van der Waals surface area (Å²) in [6.07, 6.45) is 0. The summed E-state index contributed by atoms with van der Waals surface area (Å²) in [5.74, 6) is 0.330. The zero-order valence-corrected chi connectivity index (χ0v) is 16.9. The van der Waals surface area contributed by atoms with Crippen molar-refractivity contribution in [2.45, 2.75) is 6.92 Å². The van der Waals surface area contributed by atoms with Gasteiger partial charge in [0.2, 0.25) is 5.91 Å². The summed E-state index contributed by atoms with van der Waals surface area (Å²) in [5.41, 5.74) is 1.53. The van der Waals surface area contributed by atoms with Crippen molar-refractivity contribution in [1.29, 1.82) is 0 Å². The zero-order valence-electron chi connectivity index (χ0n) is 16.1. The number of methoxy groups -OCH3 is 1. The van der Waals surface area contributed by atoms with Gasteiger partial charge in [0.05, 0.1) is 19.3 Å². The van der Waals surface area contributed by atoms with Crippen molar-refractivity contribution in [1.82, 2.24) is 5.32 Å². The van der Waals surface area contributed by atoms with Gasteiger partial charge >= 0.3 is 0 Å². The van der Waals surface area contributed by atoms with Crippen LogP contribution in [0.2, 0.25) is 5.02 Å². The molecular weight excluding hydrogens is 392 g/mol. The molecule has 3 rings (SSSR count). The minimum Gasteiger partial charge on any atom is -0.495 e. The van der Waals surface area contributed by atoms with E-state index in [0.717, 1.165) is 16.3 Å². The van der Waals surface area contributed by atoms with E-state index in [1.54, 1.807) is 24.3 Å². The van der Waals surface area contributed by atoms with E-state index in [9.17, 15) is 9.59 Å². The second kappa shape index (κ2) is 9.30. The van der Waals surface area contributed by atoms with Crippen LogP contribution in [-0.4, -0.2) is 32.1 Å². The van der Waals surface area contributed by atoms with Crippen molar-refractivity contribution >= 4 is 39.9 Å². The molecule has 0 aliphatic heterocycles. The fourth-order valence-corrected chi connectivity index (χ4v) is 3.08. The average Bonchev–Trinajstić information content (AvgIpc) is 2.72. The molecule has 3 aromatic carbocycles. The van der Waals surface area contributed by atoms with Crippen LogP contribution in [0.15, 0.2) is 54.6 Å². The Bertz CT molecular complexity index is 1050. The number of carbonyl (C=O) groups excluding carboxylic acids is 2. The Morgan fingerprint density at radius 2 is 1.69 bits per heavy atom. The highest BCUT2D eigenvalue weighted by molar-refractivity contribution is 6.35. The molecule has 0 radical (unpaired) electrons. The third kappa shape index (κ3) is 5.18. The van der Waals surface area contributed by atoms with Crippen LogP contribution in [0, 0.1) is 6.92 Å². The van der Waals surface area contributed by atoms with Crippen LogP contribution in [0.25, 0.3) is 10.8 Å². The van der Waals surface area contributed by atoms with Gasteiger partial charge in [-0.3, -0.25) is 9.59 Å². The highest BCUT2D eigenvalue weighted by Crippen LogP contribution is 2.31. The van der Waals surface area contributed by atoms with Gasteiger partial charge in [-0.15, -0.1) is 0 Å². The number of nitrogens with one attached hydrogen (secondary N) is 2. The van der Waals surface area contributed by atoms with E-state index in [4.69, 9.17) is 21.1 Å². The molecule has 0 aliphatic rings. The Morgan fingerprint density at radius 1 is 0.966 bits per heavy atom. The number of halogens is 1. The maximum Gasteiger partial charge on any atom is 0.258 e. The number of anilines is 1. The summed E-state index contributed by atoms with van der Waals surface area (Å²) in [7, 11) is 1.53. The van der Waals surface area contributed by atoms with Crippen molar-refractivity contribution in [3.63, 3.8) is 0 Å². The number of aryl methyl sites for hydroxylation is 1. The molecule has 0 saturated heterocycles. The maximum absolute atomic E-state index is 12.1. The zero-order chi connectivity index (χ0) is 20.8. The van der Waals surface area contributed by atoms with Gasteiger partial charge in [0.25, 0.3) is 5.91 Å². The van der Waals surface area contributed by atoms with Crippen molar-refractivity contribution in [3.05, 3.63) is 65.2 Å². The molecule has 0 fully saturated rings. The van der Waals surface area contributed by atoms with Gasteiger partial charge in [-0.25, -0.2) is 0 Å². The fourth-order valence-electron chi connectivity index (χ4n) is 2.85. The predicted molar refractivity (Wildman–Crippen MR) is 114 cm³/mol. The SMILES string of the molecule is COc1ccc(C)cc1NC(=O)CNC(=O)COc1ccc(Cl)c2ccccc12. The molecular formula is C22H21ClN2O4. The van der Waals surface area contributed by atoms with Crippen LogP contribution in [0.1, 0.15) is 5.56 Å². The third-order valence-electron chi connectivity index (χ3n) is 4.26. The summed E-state index contributed by atoms with van der Waals surface area (Å²) in [4.78, 5) is 24.2. The largest absolute Gasteiger partial charge is 0.495 e. The minimum absolute atomic E-state index is 0.180. The van der Waals surface area contributed by atoms with Gasteiger partial charge in [0.15, 0.2) is 6.61 Å². The Kier molecular flexibility index (Phi) is 6.57. The highest BCUT2D eigenvalue weighted by Gasteiger charge is 2.11. The van der Waals surface area contributed by atoms with Crippen LogP contribution in [-0.2, 0) is 9.59 Å². The molecule has 0 spiro atoms. The van der Waals surface area contributed by atoms with Crippen LogP contribution in [0.3, 0.4) is 0 Å². The van der Waals surface area contributed by atoms with E-state index >= 15 is 0 Å². The van der Waals surface area contributed by atoms with E-state index in [-0.39, 0.29) is 19.1 Å². The number of amides is 2. The van der Waals surface area contributed by atoms with Gasteiger partial charge in [0.1, 0.15) is 11.5 Å². The second-order valence-electron chi connectivity index (χ2n) is 6.41. The first kappa shape index (κ1) is 20.5. The summed E-state index contributed by atoms with van der Waals surface area (Å²) in [6.45, 7) is 1.52. The number of carbonyl (C=O) groups is 2. The summed E-state index contributed by atoms with van der Waals surface area (Å²) < 4.78 is 10.8. The maximum atomic E-state index is 12.1. The molecule has 150 valence electrons. The van der Waals surface area contributed by atoms with Crippen molar-refractivity contribution < 1.29 is 19.1 Å². The standard InChI is InChI=1S/C22H21ClN2O4/c1-14-7-9-20(28-2)18(11-14)25-21(26)12-24-22(27)13-29-19-10-8-17(23)15-5-3-4-6-16(15)19/h3-11H,12-13H2,1-2H3,(H,24,27)(H,25,26). The molecule has 7 heteroatoms. The van der Waals surface area contributed by atoms with Gasteiger partial charge in [-0.05, 0) is 36.8 Å². The predicted octanol–water partition coefficient (Wildman–Crippen LogP) is 3.94. The van der Waals surface area contributed by atoms with Crippen molar-refractivity contribution in [3.8, 4) is 11.5 Å². The molecule has 0 unspecified atom stereocenters. The molecule has 6 nitrogen and oxygen atoms in total. The average molecular weight is 413 g/mol. The van der Waals surface area contributed by atoms with Crippen LogP contribution < -0.4 is 20.1 Å². The first-order valence-electron chi connectivity index (χ1n) is 8.99. The Balaban J connectivity index is 1.54. The molecule has 2 N–H and O–H groups in total. The van der Waals surface area contributed by atoms with Gasteiger partial charge in [-0.2, -0.15) is 0 Å². The molecule has 0 heterocycles. The second-order valence-corrected chi connectivity index (χ2v) is 6.82. The molecule has 0 atom stereocenters. The Hall–Kier alpha value is -3.25. The normalized spacial score (nSPS) is 10.4. The van der Waals surface area contributed by atoms with Crippen molar-refractivity contribution in [2.75, 3.05) is 25.6 Å². The first-order chi connectivity index (χ1) is 14.0. The van der Waals surface area contributed by atoms with Gasteiger partial charge in [0, 0.05) is 15.8 Å². The monoisotopic (exact) mass is 412 g/mol. The summed E-state index contributed by atoms with van der Waals surface area (Å²) in [6, 6.07) is 16.4. The lowest BCUT2D eigenvalue weighted by molar-refractivity contribution is -0.125. The van der Waals surface area contributed by atoms with E-state index in [1.165, 1.54) is 7.11 Å². The van der Waals surface area contributed by atoms with Crippen LogP contribution >= 0.6 is 11.6 Å². The van der Waals surface area contributed by atoms with Gasteiger partial charge in [-0.1, -0.05) is 41.9 Å². The smallest absolute Gasteiger partial charge is 0.258 e. The number of hydrogen-bond donors (Lipinski definition) is 2. The van der Waals surface area contributed by atoms with E-state index < -0.39 is 5.91 Å². The number of rotatable bonds is 7. The molecule has 0 aliphatic carbocycles. The lowest BCUT2D eigenvalue weighted by Gasteiger charge is -2.12. The summed E-state index contributed by atoms with van der Waals surface area (Å²) in [5, 5.41) is 7.54. The lowest BCUT2D eigenvalue weighted by atomic mass is 10.1. The van der Waals surface area contributed by atoms with E-state index in [2.05, 4.69) is 10.6 Å². The van der Waals surface area contributed by atoms with Crippen LogP contribution in [0.5, 0.6) is 11.5 Å². The molecule has 0 aromatic heterocycles.